The molecule has 35 heavy (non-hydrogen) atoms. The maximum absolute atomic E-state index is 12.9. The molecule has 14 heteroatoms. The fourth-order valence-electron chi connectivity index (χ4n) is 3.28. The highest BCUT2D eigenvalue weighted by molar-refractivity contribution is 7.89. The van der Waals surface area contributed by atoms with Gasteiger partial charge >= 0.3 is 6.36 Å². The highest BCUT2D eigenvalue weighted by Gasteiger charge is 2.32. The van der Waals surface area contributed by atoms with Crippen LogP contribution in [0, 0.1) is 0 Å². The van der Waals surface area contributed by atoms with Crippen molar-refractivity contribution in [2.45, 2.75) is 24.0 Å². The first-order valence-electron chi connectivity index (χ1n) is 9.88. The normalized spacial score (nSPS) is 17.9. The van der Waals surface area contributed by atoms with Gasteiger partial charge in [-0.1, -0.05) is 23.2 Å². The summed E-state index contributed by atoms with van der Waals surface area (Å²) in [6, 6.07) is 8.31. The summed E-state index contributed by atoms with van der Waals surface area (Å²) in [4.78, 5) is 20.7. The fraction of sp³-hybridized carbons (Fsp3) is 0.190. The van der Waals surface area contributed by atoms with Crippen LogP contribution >= 0.6 is 23.2 Å². The first-order valence-corrected chi connectivity index (χ1v) is 12.1. The lowest BCUT2D eigenvalue weighted by Gasteiger charge is -2.28. The molecule has 0 spiro atoms. The van der Waals surface area contributed by atoms with Gasteiger partial charge in [0.2, 0.25) is 6.29 Å². The van der Waals surface area contributed by atoms with Gasteiger partial charge in [0, 0.05) is 36.5 Å². The van der Waals surface area contributed by atoms with Crippen molar-refractivity contribution < 1.29 is 31.1 Å². The monoisotopic (exact) mass is 546 g/mol. The Labute approximate surface area is 207 Å². The molecule has 1 atom stereocenters. The zero-order valence-corrected chi connectivity index (χ0v) is 19.8. The molecule has 184 valence electrons. The highest BCUT2D eigenvalue weighted by atomic mass is 35.5. The number of benzene rings is 2. The van der Waals surface area contributed by atoms with Crippen LogP contribution in [0.5, 0.6) is 5.75 Å². The van der Waals surface area contributed by atoms with Gasteiger partial charge in [0.05, 0.1) is 20.7 Å². The average molecular weight is 547 g/mol. The van der Waals surface area contributed by atoms with Gasteiger partial charge in [-0.2, -0.15) is 0 Å². The van der Waals surface area contributed by atoms with Crippen LogP contribution in [0.4, 0.5) is 13.2 Å². The van der Waals surface area contributed by atoms with Crippen molar-refractivity contribution in [3.8, 4) is 5.75 Å². The lowest BCUT2D eigenvalue weighted by Crippen LogP contribution is -2.38. The number of hydrogen-bond acceptors (Lipinski definition) is 6. The van der Waals surface area contributed by atoms with Crippen LogP contribution in [0.3, 0.4) is 0 Å². The van der Waals surface area contributed by atoms with E-state index < -0.39 is 34.3 Å². The van der Waals surface area contributed by atoms with Gasteiger partial charge in [0.15, 0.2) is 0 Å². The number of halogens is 5. The topological polar surface area (TPSA) is 100 Å². The molecule has 2 heterocycles. The number of nitrogens with one attached hydrogen (secondary N) is 1. The third kappa shape index (κ3) is 5.77. The predicted octanol–water partition coefficient (Wildman–Crippen LogP) is 4.41. The molecular formula is C21H15Cl2F3N4O4S. The highest BCUT2D eigenvalue weighted by Crippen LogP contribution is 2.27. The molecule has 1 N–H and O–H groups in total. The Balaban J connectivity index is 1.46. The van der Waals surface area contributed by atoms with E-state index in [2.05, 4.69) is 20.0 Å². The number of sulfonamides is 1. The number of nitrogens with zero attached hydrogens (tertiary/aromatic N) is 3. The van der Waals surface area contributed by atoms with Crippen LogP contribution in [-0.2, 0) is 10.0 Å². The summed E-state index contributed by atoms with van der Waals surface area (Å²) in [5.41, 5.74) is 1.24. The molecule has 4 rings (SSSR count). The minimum absolute atomic E-state index is 0.0345. The summed E-state index contributed by atoms with van der Waals surface area (Å²) in [7, 11) is -4.04. The van der Waals surface area contributed by atoms with Gasteiger partial charge in [0.1, 0.15) is 5.75 Å². The Kier molecular flexibility index (Phi) is 6.80. The molecule has 2 aliphatic heterocycles. The van der Waals surface area contributed by atoms with E-state index >= 15 is 0 Å². The first kappa shape index (κ1) is 25.0. The second-order valence-electron chi connectivity index (χ2n) is 7.30. The first-order chi connectivity index (χ1) is 16.4. The van der Waals surface area contributed by atoms with E-state index in [1.165, 1.54) is 30.6 Å². The number of ether oxygens (including phenoxy) is 1. The lowest BCUT2D eigenvalue weighted by atomic mass is 10.1. The summed E-state index contributed by atoms with van der Waals surface area (Å²) in [6.07, 6.45) is -2.84. The predicted molar refractivity (Wildman–Crippen MR) is 123 cm³/mol. The summed E-state index contributed by atoms with van der Waals surface area (Å²) in [6.45, 7) is 0.0345. The minimum Gasteiger partial charge on any atom is -0.406 e. The second kappa shape index (κ2) is 9.51. The molecule has 0 aliphatic carbocycles. The maximum atomic E-state index is 12.9. The Morgan fingerprint density at radius 2 is 1.83 bits per heavy atom. The van der Waals surface area contributed by atoms with Crippen LogP contribution in [0.2, 0.25) is 10.0 Å². The number of alkyl halides is 3. The number of hydrogen-bond donors (Lipinski definition) is 1. The molecule has 0 saturated heterocycles. The van der Waals surface area contributed by atoms with Crippen LogP contribution in [0.1, 0.15) is 16.8 Å². The zero-order valence-electron chi connectivity index (χ0n) is 17.5. The lowest BCUT2D eigenvalue weighted by molar-refractivity contribution is -0.274. The molecule has 8 nitrogen and oxygen atoms in total. The van der Waals surface area contributed by atoms with Crippen LogP contribution < -0.4 is 10.1 Å². The van der Waals surface area contributed by atoms with Gasteiger partial charge in [-0.05, 0) is 42.5 Å². The number of allylic oxidation sites excluding steroid dienone is 1. The van der Waals surface area contributed by atoms with Crippen molar-refractivity contribution in [3.63, 3.8) is 0 Å². The number of carbonyl (C=O) groups is 1. The Morgan fingerprint density at radius 3 is 2.49 bits per heavy atom. The van der Waals surface area contributed by atoms with Gasteiger partial charge in [-0.15, -0.1) is 13.2 Å². The van der Waals surface area contributed by atoms with Gasteiger partial charge < -0.3 is 10.1 Å². The quantitative estimate of drug-likeness (QED) is 0.600. The van der Waals surface area contributed by atoms with Crippen molar-refractivity contribution in [3.05, 3.63) is 69.8 Å². The SMILES string of the molecule is O=C(NC1N=CC2=CN(S(=O)(=O)c3ccc(OC(F)(F)F)cc3)CCC2=N1)c1ccc(Cl)c(Cl)c1. The molecule has 2 aliphatic rings. The van der Waals surface area contributed by atoms with Crippen molar-refractivity contribution in [1.29, 1.82) is 0 Å². The summed E-state index contributed by atoms with van der Waals surface area (Å²) >= 11 is 11.8. The van der Waals surface area contributed by atoms with E-state index in [1.54, 1.807) is 0 Å². The summed E-state index contributed by atoms with van der Waals surface area (Å²) < 4.78 is 67.7. The maximum Gasteiger partial charge on any atom is 0.573 e. The van der Waals surface area contributed by atoms with Crippen molar-refractivity contribution in [2.75, 3.05) is 6.54 Å². The van der Waals surface area contributed by atoms with E-state index in [0.717, 1.165) is 28.6 Å². The summed E-state index contributed by atoms with van der Waals surface area (Å²) in [5.74, 6) is -1.00. The van der Waals surface area contributed by atoms with Gasteiger partial charge in [-0.3, -0.25) is 9.10 Å². The number of aliphatic imine (C=N–C) groups is 2. The molecule has 0 fully saturated rings. The van der Waals surface area contributed by atoms with Crippen LogP contribution in [-0.4, -0.2) is 49.8 Å². The van der Waals surface area contributed by atoms with Crippen molar-refractivity contribution in [1.82, 2.24) is 9.62 Å². The molecule has 1 unspecified atom stereocenters. The smallest absolute Gasteiger partial charge is 0.406 e. The van der Waals surface area contributed by atoms with Crippen LogP contribution in [0.25, 0.3) is 0 Å². The van der Waals surface area contributed by atoms with E-state index in [1.807, 2.05) is 0 Å². The number of rotatable bonds is 5. The Hall–Kier alpha value is -3.09. The molecule has 2 aromatic carbocycles. The molecule has 2 aromatic rings. The summed E-state index contributed by atoms with van der Waals surface area (Å²) in [5, 5.41) is 3.15. The minimum atomic E-state index is -4.88. The average Bonchev–Trinajstić information content (AvgIpc) is 2.79. The third-order valence-corrected chi connectivity index (χ3v) is 7.44. The molecular weight excluding hydrogens is 532 g/mol. The number of amides is 1. The van der Waals surface area contributed by atoms with Crippen molar-refractivity contribution in [2.24, 2.45) is 9.98 Å². The van der Waals surface area contributed by atoms with Crippen LogP contribution in [0.15, 0.2) is 69.1 Å². The standard InChI is InChI=1S/C21H15Cl2F3N4O4S/c22-16-6-1-12(9-17(16)23)19(31)29-20-27-10-13-11-30(8-7-18(13)28-20)35(32,33)15-4-2-14(3-5-15)34-21(24,25)26/h1-6,9-11,20H,7-8H2,(H,29,31). The number of fused-ring (bicyclic) bond motifs is 1. The fourth-order valence-corrected chi connectivity index (χ4v) is 4.91. The van der Waals surface area contributed by atoms with Crippen molar-refractivity contribution >= 4 is 51.1 Å². The van der Waals surface area contributed by atoms with E-state index in [9.17, 15) is 26.4 Å². The van der Waals surface area contributed by atoms with E-state index in [-0.39, 0.29) is 28.4 Å². The van der Waals surface area contributed by atoms with Gasteiger partial charge in [-0.25, -0.2) is 18.4 Å². The van der Waals surface area contributed by atoms with E-state index in [4.69, 9.17) is 23.2 Å². The van der Waals surface area contributed by atoms with Gasteiger partial charge in [0.25, 0.3) is 15.9 Å². The molecule has 0 bridgehead atoms. The molecule has 0 saturated carbocycles. The zero-order chi connectivity index (χ0) is 25.4. The second-order valence-corrected chi connectivity index (χ2v) is 10.0. The molecule has 0 radical (unpaired) electrons. The molecule has 1 amide bonds. The Morgan fingerprint density at radius 1 is 1.11 bits per heavy atom. The molecule has 0 aromatic heterocycles. The Bertz CT molecular complexity index is 1360. The largest absolute Gasteiger partial charge is 0.573 e. The van der Waals surface area contributed by atoms with E-state index in [0.29, 0.717) is 16.3 Å². The number of carbonyl (C=O) groups excluding carboxylic acids is 1. The third-order valence-electron chi connectivity index (χ3n) is 4.92.